The normalized spacial score (nSPS) is 12.8. The Balaban J connectivity index is 2.32. The van der Waals surface area contributed by atoms with Gasteiger partial charge in [-0.05, 0) is 41.1 Å². The standard InChI is InChI=1S/C11H9BrFN5O4S2/c1-6-10(12)8-3-2-7(13)4-9(8)18(6)23(19,20)11-15-5-17(16-11)24(14,21)22/h2-5H,1H3,(H2,14,21,22). The summed E-state index contributed by atoms with van der Waals surface area (Å²) in [5.74, 6) is -0.632. The highest BCUT2D eigenvalue weighted by atomic mass is 79.9. The maximum atomic E-state index is 13.6. The Labute approximate surface area is 144 Å². The number of nitrogens with two attached hydrogens (primary N) is 1. The van der Waals surface area contributed by atoms with Crippen LogP contribution >= 0.6 is 15.9 Å². The van der Waals surface area contributed by atoms with Gasteiger partial charge in [-0.1, -0.05) is 0 Å². The Morgan fingerprint density at radius 3 is 2.50 bits per heavy atom. The Hall–Kier alpha value is -1.83. The third-order valence-corrected chi connectivity index (χ3v) is 6.52. The largest absolute Gasteiger partial charge is 0.319 e. The van der Waals surface area contributed by atoms with E-state index in [9.17, 15) is 21.2 Å². The summed E-state index contributed by atoms with van der Waals surface area (Å²) in [7, 11) is -8.65. The minimum absolute atomic E-state index is 0.0614. The molecule has 2 aromatic heterocycles. The Kier molecular flexibility index (Phi) is 3.78. The van der Waals surface area contributed by atoms with Gasteiger partial charge in [0, 0.05) is 15.6 Å². The van der Waals surface area contributed by atoms with Crippen molar-refractivity contribution in [2.45, 2.75) is 12.1 Å². The van der Waals surface area contributed by atoms with Crippen LogP contribution in [-0.2, 0) is 20.2 Å². The van der Waals surface area contributed by atoms with Crippen molar-refractivity contribution in [1.29, 1.82) is 0 Å². The van der Waals surface area contributed by atoms with Crippen molar-refractivity contribution in [3.63, 3.8) is 0 Å². The summed E-state index contributed by atoms with van der Waals surface area (Å²) in [5.41, 5.74) is 0.314. The lowest BCUT2D eigenvalue weighted by atomic mass is 10.2. The van der Waals surface area contributed by atoms with Crippen LogP contribution in [0.4, 0.5) is 4.39 Å². The van der Waals surface area contributed by atoms with Crippen LogP contribution in [0.1, 0.15) is 5.69 Å². The molecular formula is C11H9BrFN5O4S2. The third-order valence-electron chi connectivity index (χ3n) is 3.22. The SMILES string of the molecule is Cc1c(Br)c2ccc(F)cc2n1S(=O)(=O)c1ncn(S(N)(=O)=O)n1. The molecule has 0 saturated heterocycles. The molecular weight excluding hydrogens is 429 g/mol. The van der Waals surface area contributed by atoms with Crippen LogP contribution in [-0.4, -0.2) is 35.0 Å². The molecule has 0 saturated carbocycles. The molecule has 0 aliphatic rings. The van der Waals surface area contributed by atoms with Gasteiger partial charge in [-0.25, -0.2) is 18.5 Å². The molecule has 0 radical (unpaired) electrons. The lowest BCUT2D eigenvalue weighted by molar-refractivity contribution is 0.572. The van der Waals surface area contributed by atoms with Crippen molar-refractivity contribution in [3.05, 3.63) is 40.5 Å². The monoisotopic (exact) mass is 437 g/mol. The second kappa shape index (κ2) is 5.34. The average molecular weight is 438 g/mol. The van der Waals surface area contributed by atoms with Crippen LogP contribution < -0.4 is 5.14 Å². The van der Waals surface area contributed by atoms with Gasteiger partial charge in [0.15, 0.2) is 0 Å². The molecule has 3 rings (SSSR count). The van der Waals surface area contributed by atoms with E-state index >= 15 is 0 Å². The number of aromatic nitrogens is 4. The topological polar surface area (TPSA) is 130 Å². The van der Waals surface area contributed by atoms with Gasteiger partial charge in [-0.15, -0.1) is 9.19 Å². The van der Waals surface area contributed by atoms with Crippen LogP contribution in [0.3, 0.4) is 0 Å². The summed E-state index contributed by atoms with van der Waals surface area (Å²) in [4.78, 5) is 3.49. The fourth-order valence-corrected chi connectivity index (χ4v) is 4.64. The van der Waals surface area contributed by atoms with E-state index in [0.717, 1.165) is 10.0 Å². The lowest BCUT2D eigenvalue weighted by Crippen LogP contribution is -2.23. The molecule has 0 spiro atoms. The van der Waals surface area contributed by atoms with E-state index in [1.165, 1.54) is 19.1 Å². The van der Waals surface area contributed by atoms with Gasteiger partial charge in [0.05, 0.1) is 5.52 Å². The second-order valence-corrected chi connectivity index (χ2v) is 8.65. The summed E-state index contributed by atoms with van der Waals surface area (Å²) in [5, 5.41) is 7.93. The van der Waals surface area contributed by atoms with Crippen molar-refractivity contribution in [2.75, 3.05) is 0 Å². The molecule has 0 fully saturated rings. The minimum atomic E-state index is -4.37. The fraction of sp³-hybridized carbons (Fsp3) is 0.0909. The lowest BCUT2D eigenvalue weighted by Gasteiger charge is -2.06. The van der Waals surface area contributed by atoms with Crippen molar-refractivity contribution < 1.29 is 21.2 Å². The van der Waals surface area contributed by atoms with E-state index in [0.29, 0.717) is 16.2 Å². The number of fused-ring (bicyclic) bond motifs is 1. The maximum Gasteiger partial charge on any atom is 0.319 e. The molecule has 128 valence electrons. The van der Waals surface area contributed by atoms with E-state index in [1.54, 1.807) is 0 Å². The fourth-order valence-electron chi connectivity index (χ4n) is 2.19. The first-order chi connectivity index (χ1) is 11.0. The molecule has 1 aromatic carbocycles. The first-order valence-electron chi connectivity index (χ1n) is 6.20. The molecule has 3 aromatic rings. The van der Waals surface area contributed by atoms with Gasteiger partial charge in [0.2, 0.25) is 0 Å². The van der Waals surface area contributed by atoms with E-state index in [4.69, 9.17) is 5.14 Å². The Morgan fingerprint density at radius 1 is 1.25 bits per heavy atom. The molecule has 0 atom stereocenters. The van der Waals surface area contributed by atoms with Crippen LogP contribution in [0.5, 0.6) is 0 Å². The van der Waals surface area contributed by atoms with Gasteiger partial charge in [0.1, 0.15) is 12.1 Å². The molecule has 0 amide bonds. The van der Waals surface area contributed by atoms with E-state index in [2.05, 4.69) is 26.0 Å². The number of hydrogen-bond donors (Lipinski definition) is 1. The first kappa shape index (κ1) is 17.0. The molecule has 2 N–H and O–H groups in total. The zero-order valence-corrected chi connectivity index (χ0v) is 15.1. The second-order valence-electron chi connectivity index (χ2n) is 4.77. The number of rotatable bonds is 3. The molecule has 24 heavy (non-hydrogen) atoms. The quantitative estimate of drug-likeness (QED) is 0.642. The number of benzene rings is 1. The highest BCUT2D eigenvalue weighted by Gasteiger charge is 2.29. The summed E-state index contributed by atoms with van der Waals surface area (Å²) >= 11 is 3.26. The van der Waals surface area contributed by atoms with Crippen LogP contribution in [0.15, 0.2) is 34.2 Å². The molecule has 0 aliphatic carbocycles. The minimum Gasteiger partial charge on any atom is -0.234 e. The number of hydrogen-bond acceptors (Lipinski definition) is 6. The molecule has 0 bridgehead atoms. The van der Waals surface area contributed by atoms with Gasteiger partial charge in [-0.3, -0.25) is 0 Å². The molecule has 9 nitrogen and oxygen atoms in total. The Morgan fingerprint density at radius 2 is 1.92 bits per heavy atom. The summed E-state index contributed by atoms with van der Waals surface area (Å²) < 4.78 is 63.1. The molecule has 0 aliphatic heterocycles. The van der Waals surface area contributed by atoms with E-state index in [-0.39, 0.29) is 15.3 Å². The zero-order chi connectivity index (χ0) is 17.9. The van der Waals surface area contributed by atoms with Crippen LogP contribution in [0.25, 0.3) is 10.9 Å². The van der Waals surface area contributed by atoms with E-state index in [1.807, 2.05) is 0 Å². The predicted molar refractivity (Wildman–Crippen MR) is 85.4 cm³/mol. The van der Waals surface area contributed by atoms with Gasteiger partial charge >= 0.3 is 20.2 Å². The number of nitrogens with zero attached hydrogens (tertiary/aromatic N) is 4. The summed E-state index contributed by atoms with van der Waals surface area (Å²) in [6.07, 6.45) is 0.666. The first-order valence-corrected chi connectivity index (χ1v) is 9.93. The van der Waals surface area contributed by atoms with Gasteiger partial charge in [-0.2, -0.15) is 16.8 Å². The van der Waals surface area contributed by atoms with Crippen molar-refractivity contribution in [3.8, 4) is 0 Å². The van der Waals surface area contributed by atoms with E-state index < -0.39 is 31.2 Å². The smallest absolute Gasteiger partial charge is 0.234 e. The number of halogens is 2. The van der Waals surface area contributed by atoms with Crippen molar-refractivity contribution >= 4 is 47.1 Å². The highest BCUT2D eigenvalue weighted by molar-refractivity contribution is 9.10. The molecule has 13 heteroatoms. The zero-order valence-electron chi connectivity index (χ0n) is 11.9. The maximum absolute atomic E-state index is 13.6. The third kappa shape index (κ3) is 2.53. The van der Waals surface area contributed by atoms with Crippen molar-refractivity contribution in [2.24, 2.45) is 5.14 Å². The van der Waals surface area contributed by atoms with Crippen LogP contribution in [0.2, 0.25) is 0 Å². The average Bonchev–Trinajstić information content (AvgIpc) is 3.04. The summed E-state index contributed by atoms with van der Waals surface area (Å²) in [6, 6.07) is 3.66. The van der Waals surface area contributed by atoms with Crippen molar-refractivity contribution in [1.82, 2.24) is 18.1 Å². The molecule has 2 heterocycles. The van der Waals surface area contributed by atoms with Crippen LogP contribution in [0, 0.1) is 12.7 Å². The highest BCUT2D eigenvalue weighted by Crippen LogP contribution is 2.33. The molecule has 0 unspecified atom stereocenters. The Bertz CT molecular complexity index is 1180. The van der Waals surface area contributed by atoms with Gasteiger partial charge in [0.25, 0.3) is 5.16 Å². The summed E-state index contributed by atoms with van der Waals surface area (Å²) in [6.45, 7) is 1.50. The van der Waals surface area contributed by atoms with Gasteiger partial charge < -0.3 is 0 Å². The predicted octanol–water partition coefficient (Wildman–Crippen LogP) is 0.731.